The lowest BCUT2D eigenvalue weighted by atomic mass is 9.71. The van der Waals surface area contributed by atoms with Crippen molar-refractivity contribution >= 4 is 0 Å². The smallest absolute Gasteiger partial charge is 0.0126 e. The fourth-order valence-corrected chi connectivity index (χ4v) is 2.51. The fraction of sp³-hybridized carbons (Fsp3) is 0.647. The van der Waals surface area contributed by atoms with Crippen molar-refractivity contribution in [3.05, 3.63) is 34.9 Å². The van der Waals surface area contributed by atoms with Gasteiger partial charge in [-0.05, 0) is 33.4 Å². The van der Waals surface area contributed by atoms with Crippen molar-refractivity contribution < 1.29 is 5.48 Å². The molecule has 104 valence electrons. The third-order valence-electron chi connectivity index (χ3n) is 3.28. The Morgan fingerprint density at radius 1 is 0.833 bits per heavy atom. The van der Waals surface area contributed by atoms with Crippen molar-refractivity contribution in [2.45, 2.75) is 72.1 Å². The average molecular weight is 250 g/mol. The maximum atomic E-state index is 2.32. The summed E-state index contributed by atoms with van der Waals surface area (Å²) in [6, 6.07) is 6.80. The van der Waals surface area contributed by atoms with Crippen LogP contribution in [0.3, 0.4) is 0 Å². The highest BCUT2D eigenvalue weighted by Gasteiger charge is 2.27. The van der Waals surface area contributed by atoms with E-state index in [4.69, 9.17) is 0 Å². The SMILES string of the molecule is CC(C)c1cccc(C(C)(C)C)c1C(C)(C)C.O. The summed E-state index contributed by atoms with van der Waals surface area (Å²) in [4.78, 5) is 0. The minimum atomic E-state index is 0. The lowest BCUT2D eigenvalue weighted by molar-refractivity contribution is 0.521. The molecule has 1 nitrogen and oxygen atoms in total. The van der Waals surface area contributed by atoms with Gasteiger partial charge in [0.1, 0.15) is 0 Å². The van der Waals surface area contributed by atoms with Crippen LogP contribution in [0.4, 0.5) is 0 Å². The molecule has 0 atom stereocenters. The summed E-state index contributed by atoms with van der Waals surface area (Å²) < 4.78 is 0. The van der Waals surface area contributed by atoms with Crippen molar-refractivity contribution in [2.75, 3.05) is 0 Å². The molecule has 0 spiro atoms. The molecular formula is C17H30O. The molecule has 0 radical (unpaired) electrons. The van der Waals surface area contributed by atoms with Crippen molar-refractivity contribution in [3.8, 4) is 0 Å². The van der Waals surface area contributed by atoms with Crippen LogP contribution in [0.1, 0.15) is 78.0 Å². The number of rotatable bonds is 1. The molecule has 1 aromatic rings. The van der Waals surface area contributed by atoms with Crippen LogP contribution in [-0.2, 0) is 10.8 Å². The zero-order chi connectivity index (χ0) is 13.4. The Morgan fingerprint density at radius 3 is 1.67 bits per heavy atom. The Hall–Kier alpha value is -0.820. The maximum absolute atomic E-state index is 2.32. The highest BCUT2D eigenvalue weighted by atomic mass is 16.0. The van der Waals surface area contributed by atoms with E-state index in [1.54, 1.807) is 5.56 Å². The van der Waals surface area contributed by atoms with E-state index in [0.717, 1.165) is 0 Å². The van der Waals surface area contributed by atoms with Gasteiger partial charge in [0, 0.05) is 0 Å². The minimum absolute atomic E-state index is 0. The minimum Gasteiger partial charge on any atom is -0.412 e. The van der Waals surface area contributed by atoms with Gasteiger partial charge in [-0.3, -0.25) is 0 Å². The van der Waals surface area contributed by atoms with E-state index >= 15 is 0 Å². The van der Waals surface area contributed by atoms with Gasteiger partial charge in [0.25, 0.3) is 0 Å². The second-order valence-corrected chi connectivity index (χ2v) is 7.42. The quantitative estimate of drug-likeness (QED) is 0.698. The summed E-state index contributed by atoms with van der Waals surface area (Å²) in [5.74, 6) is 0.589. The first-order valence-corrected chi connectivity index (χ1v) is 6.69. The average Bonchev–Trinajstić information content (AvgIpc) is 2.13. The number of hydrogen-bond donors (Lipinski definition) is 0. The molecule has 0 aliphatic carbocycles. The topological polar surface area (TPSA) is 31.5 Å². The van der Waals surface area contributed by atoms with Crippen LogP contribution in [0, 0.1) is 0 Å². The van der Waals surface area contributed by atoms with Crippen LogP contribution < -0.4 is 0 Å². The molecule has 0 bridgehead atoms. The first kappa shape index (κ1) is 17.2. The number of hydrogen-bond acceptors (Lipinski definition) is 0. The lowest BCUT2D eigenvalue weighted by Gasteiger charge is -2.33. The van der Waals surface area contributed by atoms with E-state index in [9.17, 15) is 0 Å². The molecule has 18 heavy (non-hydrogen) atoms. The zero-order valence-corrected chi connectivity index (χ0v) is 13.3. The van der Waals surface area contributed by atoms with Gasteiger partial charge in [0.05, 0.1) is 0 Å². The van der Waals surface area contributed by atoms with E-state index in [1.165, 1.54) is 11.1 Å². The predicted octanol–water partition coefficient (Wildman–Crippen LogP) is 4.58. The normalized spacial score (nSPS) is 12.5. The van der Waals surface area contributed by atoms with E-state index in [0.29, 0.717) is 5.92 Å². The predicted molar refractivity (Wildman–Crippen MR) is 81.5 cm³/mol. The molecular weight excluding hydrogens is 220 g/mol. The van der Waals surface area contributed by atoms with Crippen LogP contribution in [0.25, 0.3) is 0 Å². The van der Waals surface area contributed by atoms with Crippen molar-refractivity contribution in [1.29, 1.82) is 0 Å². The van der Waals surface area contributed by atoms with Crippen LogP contribution in [0.15, 0.2) is 18.2 Å². The molecule has 0 aromatic heterocycles. The third-order valence-corrected chi connectivity index (χ3v) is 3.28. The van der Waals surface area contributed by atoms with E-state index in [-0.39, 0.29) is 16.3 Å². The maximum Gasteiger partial charge on any atom is -0.0126 e. The van der Waals surface area contributed by atoms with Crippen LogP contribution in [0.5, 0.6) is 0 Å². The molecule has 2 N–H and O–H groups in total. The van der Waals surface area contributed by atoms with Gasteiger partial charge < -0.3 is 5.48 Å². The van der Waals surface area contributed by atoms with E-state index < -0.39 is 0 Å². The Kier molecular flexibility index (Phi) is 5.19. The third kappa shape index (κ3) is 3.58. The van der Waals surface area contributed by atoms with Crippen molar-refractivity contribution in [2.24, 2.45) is 0 Å². The van der Waals surface area contributed by atoms with Gasteiger partial charge in [0.15, 0.2) is 0 Å². The molecule has 0 aliphatic rings. The molecule has 1 heteroatoms. The summed E-state index contributed by atoms with van der Waals surface area (Å²) >= 11 is 0. The summed E-state index contributed by atoms with van der Waals surface area (Å²) in [5.41, 5.74) is 4.97. The van der Waals surface area contributed by atoms with Gasteiger partial charge >= 0.3 is 0 Å². The molecule has 0 saturated carbocycles. The second kappa shape index (κ2) is 5.44. The Morgan fingerprint density at radius 2 is 1.33 bits per heavy atom. The van der Waals surface area contributed by atoms with Crippen molar-refractivity contribution in [1.82, 2.24) is 0 Å². The molecule has 0 fully saturated rings. The molecule has 0 amide bonds. The van der Waals surface area contributed by atoms with Gasteiger partial charge in [-0.15, -0.1) is 0 Å². The largest absolute Gasteiger partial charge is 0.412 e. The molecule has 0 heterocycles. The van der Waals surface area contributed by atoms with Crippen LogP contribution >= 0.6 is 0 Å². The molecule has 0 saturated heterocycles. The van der Waals surface area contributed by atoms with Gasteiger partial charge in [-0.1, -0.05) is 73.6 Å². The molecule has 0 unspecified atom stereocenters. The van der Waals surface area contributed by atoms with E-state index in [2.05, 4.69) is 73.6 Å². The Labute approximate surface area is 113 Å². The standard InChI is InChI=1S/C17H28.H2O/c1-12(2)13-10-9-11-14(16(3,4)5)15(13)17(6,7)8;/h9-12H,1-8H3;1H2. The molecule has 1 rings (SSSR count). The second-order valence-electron chi connectivity index (χ2n) is 7.42. The monoisotopic (exact) mass is 250 g/mol. The number of benzene rings is 1. The Bertz CT molecular complexity index is 389. The first-order chi connectivity index (χ1) is 7.55. The van der Waals surface area contributed by atoms with Crippen LogP contribution in [0.2, 0.25) is 0 Å². The lowest BCUT2D eigenvalue weighted by Crippen LogP contribution is -2.24. The fourth-order valence-electron chi connectivity index (χ4n) is 2.51. The zero-order valence-electron chi connectivity index (χ0n) is 13.3. The van der Waals surface area contributed by atoms with Gasteiger partial charge in [0.2, 0.25) is 0 Å². The van der Waals surface area contributed by atoms with Gasteiger partial charge in [-0.25, -0.2) is 0 Å². The highest BCUT2D eigenvalue weighted by molar-refractivity contribution is 5.44. The molecule has 1 aromatic carbocycles. The summed E-state index contributed by atoms with van der Waals surface area (Å²) in [5, 5.41) is 0. The van der Waals surface area contributed by atoms with Gasteiger partial charge in [-0.2, -0.15) is 0 Å². The Balaban J connectivity index is 0.00000289. The first-order valence-electron chi connectivity index (χ1n) is 6.69. The summed E-state index contributed by atoms with van der Waals surface area (Å²) in [7, 11) is 0. The highest BCUT2D eigenvalue weighted by Crippen LogP contribution is 2.38. The summed E-state index contributed by atoms with van der Waals surface area (Å²) in [6.07, 6.45) is 0. The van der Waals surface area contributed by atoms with E-state index in [1.807, 2.05) is 0 Å². The van der Waals surface area contributed by atoms with Crippen molar-refractivity contribution in [3.63, 3.8) is 0 Å². The van der Waals surface area contributed by atoms with Crippen LogP contribution in [-0.4, -0.2) is 5.48 Å². The summed E-state index contributed by atoms with van der Waals surface area (Å²) in [6.45, 7) is 18.5. The molecule has 0 aliphatic heterocycles.